The fourth-order valence-corrected chi connectivity index (χ4v) is 5.18. The molecule has 0 aliphatic carbocycles. The van der Waals surface area contributed by atoms with Gasteiger partial charge in [-0.15, -0.1) is 10.2 Å². The minimum atomic E-state index is 0.230. The summed E-state index contributed by atoms with van der Waals surface area (Å²) < 4.78 is 2.21. The maximum absolute atomic E-state index is 12.8. The topological polar surface area (TPSA) is 54.3 Å². The molecule has 1 aromatic carbocycles. The van der Waals surface area contributed by atoms with E-state index in [1.165, 1.54) is 49.4 Å². The number of nitrogens with zero attached hydrogens (tertiary/aromatic N) is 5. The van der Waals surface area contributed by atoms with Gasteiger partial charge >= 0.3 is 0 Å². The molecule has 2 aromatic rings. The Labute approximate surface area is 184 Å². The predicted octanol–water partition coefficient (Wildman–Crippen LogP) is 3.81. The van der Waals surface area contributed by atoms with Crippen LogP contribution in [0.3, 0.4) is 0 Å². The number of aromatic nitrogens is 3. The van der Waals surface area contributed by atoms with E-state index in [4.69, 9.17) is 0 Å². The van der Waals surface area contributed by atoms with E-state index in [2.05, 4.69) is 43.9 Å². The number of hydrogen-bond donors (Lipinski definition) is 0. The molecule has 4 rings (SSSR count). The number of amides is 1. The number of likely N-dealkylation sites (tertiary alicyclic amines) is 2. The molecule has 2 aliphatic rings. The van der Waals surface area contributed by atoms with E-state index in [-0.39, 0.29) is 5.91 Å². The number of hydrogen-bond acceptors (Lipinski definition) is 5. The Bertz CT molecular complexity index is 795. The Balaban J connectivity index is 1.45. The van der Waals surface area contributed by atoms with Crippen molar-refractivity contribution in [3.8, 4) is 0 Å². The van der Waals surface area contributed by atoms with Crippen molar-refractivity contribution in [2.24, 2.45) is 0 Å². The zero-order valence-electron chi connectivity index (χ0n) is 17.8. The van der Waals surface area contributed by atoms with Crippen molar-refractivity contribution in [3.63, 3.8) is 0 Å². The van der Waals surface area contributed by atoms with E-state index in [9.17, 15) is 4.79 Å². The van der Waals surface area contributed by atoms with E-state index >= 15 is 0 Å². The van der Waals surface area contributed by atoms with Gasteiger partial charge in [-0.25, -0.2) is 0 Å². The number of rotatable bonds is 7. The molecule has 2 saturated heterocycles. The highest BCUT2D eigenvalue weighted by molar-refractivity contribution is 7.99. The van der Waals surface area contributed by atoms with Crippen LogP contribution in [0.1, 0.15) is 56.3 Å². The molecule has 0 radical (unpaired) electrons. The monoisotopic (exact) mass is 427 g/mol. The first-order valence-electron chi connectivity index (χ1n) is 11.4. The van der Waals surface area contributed by atoms with E-state index in [1.54, 1.807) is 0 Å². The molecule has 3 heterocycles. The van der Waals surface area contributed by atoms with Gasteiger partial charge in [0.25, 0.3) is 0 Å². The molecule has 2 fully saturated rings. The molecule has 0 unspecified atom stereocenters. The fraction of sp³-hybridized carbons (Fsp3) is 0.609. The van der Waals surface area contributed by atoms with Crippen molar-refractivity contribution >= 4 is 17.7 Å². The van der Waals surface area contributed by atoms with E-state index in [0.717, 1.165) is 63.1 Å². The second-order valence-corrected chi connectivity index (χ2v) is 9.33. The Hall–Kier alpha value is -1.86. The van der Waals surface area contributed by atoms with Crippen LogP contribution in [-0.4, -0.2) is 62.4 Å². The molecular weight excluding hydrogens is 394 g/mol. The van der Waals surface area contributed by atoms with Crippen molar-refractivity contribution in [1.29, 1.82) is 0 Å². The fourth-order valence-electron chi connectivity index (χ4n) is 4.32. The molecule has 0 saturated carbocycles. The van der Waals surface area contributed by atoms with Crippen molar-refractivity contribution in [1.82, 2.24) is 24.6 Å². The van der Waals surface area contributed by atoms with Crippen LogP contribution in [0.5, 0.6) is 0 Å². The molecule has 162 valence electrons. The van der Waals surface area contributed by atoms with Crippen LogP contribution in [-0.2, 0) is 17.9 Å². The van der Waals surface area contributed by atoms with Crippen LogP contribution in [0.25, 0.3) is 0 Å². The maximum Gasteiger partial charge on any atom is 0.233 e. The molecule has 0 atom stereocenters. The summed E-state index contributed by atoms with van der Waals surface area (Å²) in [6.07, 6.45) is 8.58. The van der Waals surface area contributed by atoms with Gasteiger partial charge in [0.1, 0.15) is 5.82 Å². The largest absolute Gasteiger partial charge is 0.342 e. The molecule has 7 heteroatoms. The summed E-state index contributed by atoms with van der Waals surface area (Å²) in [5, 5.41) is 9.88. The molecule has 1 amide bonds. The Kier molecular flexibility index (Phi) is 7.81. The molecule has 6 nitrogen and oxygen atoms in total. The number of piperidine rings is 1. The minimum absolute atomic E-state index is 0.230. The van der Waals surface area contributed by atoms with Gasteiger partial charge in [-0.2, -0.15) is 0 Å². The summed E-state index contributed by atoms with van der Waals surface area (Å²) in [4.78, 5) is 17.3. The van der Waals surface area contributed by atoms with E-state index < -0.39 is 0 Å². The lowest BCUT2D eigenvalue weighted by Gasteiger charge is -2.26. The van der Waals surface area contributed by atoms with Crippen molar-refractivity contribution < 1.29 is 4.79 Å². The summed E-state index contributed by atoms with van der Waals surface area (Å²) in [6, 6.07) is 10.5. The molecule has 0 bridgehead atoms. The molecule has 1 aromatic heterocycles. The number of benzene rings is 1. The van der Waals surface area contributed by atoms with Crippen LogP contribution < -0.4 is 0 Å². The van der Waals surface area contributed by atoms with Gasteiger partial charge in [-0.05, 0) is 44.3 Å². The van der Waals surface area contributed by atoms with Gasteiger partial charge in [0, 0.05) is 13.1 Å². The second-order valence-electron chi connectivity index (χ2n) is 8.39. The third kappa shape index (κ3) is 5.85. The van der Waals surface area contributed by atoms with Crippen LogP contribution in [0.2, 0.25) is 0 Å². The van der Waals surface area contributed by atoms with Crippen LogP contribution >= 0.6 is 11.8 Å². The first kappa shape index (κ1) is 21.4. The lowest BCUT2D eigenvalue weighted by molar-refractivity contribution is -0.128. The summed E-state index contributed by atoms with van der Waals surface area (Å²) in [5.41, 5.74) is 1.23. The lowest BCUT2D eigenvalue weighted by atomic mass is 10.1. The lowest BCUT2D eigenvalue weighted by Crippen LogP contribution is -2.33. The van der Waals surface area contributed by atoms with Crippen molar-refractivity contribution in [3.05, 3.63) is 41.7 Å². The molecule has 0 N–H and O–H groups in total. The summed E-state index contributed by atoms with van der Waals surface area (Å²) in [6.45, 7) is 5.65. The summed E-state index contributed by atoms with van der Waals surface area (Å²) in [5.74, 6) is 1.68. The smallest absolute Gasteiger partial charge is 0.233 e. The van der Waals surface area contributed by atoms with Crippen molar-refractivity contribution in [2.45, 2.75) is 63.2 Å². The highest BCUT2D eigenvalue weighted by atomic mass is 32.2. The van der Waals surface area contributed by atoms with Crippen molar-refractivity contribution in [2.75, 3.05) is 31.9 Å². The number of carbonyl (C=O) groups excluding carboxylic acids is 1. The zero-order chi connectivity index (χ0) is 20.6. The highest BCUT2D eigenvalue weighted by Gasteiger charge is 2.20. The van der Waals surface area contributed by atoms with Gasteiger partial charge in [-0.1, -0.05) is 61.4 Å². The first-order chi connectivity index (χ1) is 14.8. The Morgan fingerprint density at radius 2 is 1.50 bits per heavy atom. The average Bonchev–Trinajstić information content (AvgIpc) is 2.98. The zero-order valence-corrected chi connectivity index (χ0v) is 18.7. The third-order valence-corrected chi connectivity index (χ3v) is 7.03. The third-order valence-electron chi connectivity index (χ3n) is 6.07. The summed E-state index contributed by atoms with van der Waals surface area (Å²) in [7, 11) is 0. The normalized spacial score (nSPS) is 18.3. The van der Waals surface area contributed by atoms with Gasteiger partial charge in [-0.3, -0.25) is 9.69 Å². The predicted molar refractivity (Wildman–Crippen MR) is 120 cm³/mol. The maximum atomic E-state index is 12.8. The van der Waals surface area contributed by atoms with E-state index in [0.29, 0.717) is 5.75 Å². The standard InChI is InChI=1S/C23H33N5OS/c29-22(27-15-9-1-2-10-16-27)19-30-23-25-24-21(18-26-13-7-4-8-14-26)28(23)17-20-11-5-3-6-12-20/h3,5-6,11-12H,1-2,4,7-10,13-19H2. The Morgan fingerprint density at radius 3 is 2.23 bits per heavy atom. The van der Waals surface area contributed by atoms with Crippen LogP contribution in [0.15, 0.2) is 35.5 Å². The average molecular weight is 428 g/mol. The van der Waals surface area contributed by atoms with Crippen LogP contribution in [0, 0.1) is 0 Å². The van der Waals surface area contributed by atoms with E-state index in [1.807, 2.05) is 11.0 Å². The Morgan fingerprint density at radius 1 is 0.833 bits per heavy atom. The minimum Gasteiger partial charge on any atom is -0.342 e. The van der Waals surface area contributed by atoms with Gasteiger partial charge in [0.15, 0.2) is 5.16 Å². The number of thioether (sulfide) groups is 1. The van der Waals surface area contributed by atoms with Gasteiger partial charge < -0.3 is 9.47 Å². The van der Waals surface area contributed by atoms with Crippen LogP contribution in [0.4, 0.5) is 0 Å². The molecule has 30 heavy (non-hydrogen) atoms. The first-order valence-corrected chi connectivity index (χ1v) is 12.4. The second kappa shape index (κ2) is 11.0. The quantitative estimate of drug-likeness (QED) is 0.629. The SMILES string of the molecule is O=C(CSc1nnc(CN2CCCCC2)n1Cc1ccccc1)N1CCCCCC1. The molecule has 0 spiro atoms. The molecular formula is C23H33N5OS. The highest BCUT2D eigenvalue weighted by Crippen LogP contribution is 2.22. The van der Waals surface area contributed by atoms with Gasteiger partial charge in [0.2, 0.25) is 5.91 Å². The summed E-state index contributed by atoms with van der Waals surface area (Å²) >= 11 is 1.54. The molecule has 2 aliphatic heterocycles. The van der Waals surface area contributed by atoms with Gasteiger partial charge in [0.05, 0.1) is 18.8 Å². The number of carbonyl (C=O) groups is 1.